The zero-order valence-electron chi connectivity index (χ0n) is 20.3. The number of nitrogens with one attached hydrogen (secondary N) is 3. The van der Waals surface area contributed by atoms with E-state index in [0.717, 1.165) is 39.1 Å². The minimum absolute atomic E-state index is 0.224. The van der Waals surface area contributed by atoms with E-state index in [1.807, 2.05) is 97.1 Å². The van der Waals surface area contributed by atoms with Crippen molar-refractivity contribution in [3.8, 4) is 5.75 Å². The zero-order valence-corrected chi connectivity index (χ0v) is 20.3. The van der Waals surface area contributed by atoms with Gasteiger partial charge in [-0.05, 0) is 60.2 Å². The summed E-state index contributed by atoms with van der Waals surface area (Å²) in [4.78, 5) is 12.5. The van der Waals surface area contributed by atoms with Crippen LogP contribution in [0.5, 0.6) is 5.75 Å². The predicted molar refractivity (Wildman–Crippen MR) is 152 cm³/mol. The number of hydrogen-bond donors (Lipinski definition) is 3. The summed E-state index contributed by atoms with van der Waals surface area (Å²) in [6.45, 7) is 0. The number of carbonyl (C=O) groups is 1. The molecule has 37 heavy (non-hydrogen) atoms. The lowest BCUT2D eigenvalue weighted by Crippen LogP contribution is -2.07. The van der Waals surface area contributed by atoms with Gasteiger partial charge in [0.15, 0.2) is 0 Å². The molecular weight excluding hydrogens is 460 g/mol. The van der Waals surface area contributed by atoms with Gasteiger partial charge in [-0.25, -0.2) is 0 Å². The second kappa shape index (κ2) is 11.1. The van der Waals surface area contributed by atoms with Crippen molar-refractivity contribution in [2.24, 2.45) is 0 Å². The van der Waals surface area contributed by atoms with E-state index in [2.05, 4.69) is 33.0 Å². The van der Waals surface area contributed by atoms with Gasteiger partial charge in [0.1, 0.15) is 5.75 Å². The van der Waals surface area contributed by atoms with E-state index in [-0.39, 0.29) is 5.91 Å². The van der Waals surface area contributed by atoms with Crippen LogP contribution in [0.2, 0.25) is 0 Å². The number of methoxy groups -OCH3 is 1. The molecule has 182 valence electrons. The summed E-state index contributed by atoms with van der Waals surface area (Å²) in [7, 11) is 1.61. The SMILES string of the molecule is COc1ccccc1/C=C/C(=O)Nc1cccc(Nc2ccc3c(/C=C/c4ccccc4)n[nH]c3c2)c1. The van der Waals surface area contributed by atoms with Gasteiger partial charge >= 0.3 is 0 Å². The third-order valence-electron chi connectivity index (χ3n) is 5.80. The number of nitrogens with zero attached hydrogens (tertiary/aromatic N) is 1. The molecule has 0 aliphatic rings. The molecule has 1 amide bonds. The van der Waals surface area contributed by atoms with Crippen molar-refractivity contribution in [1.29, 1.82) is 0 Å². The summed E-state index contributed by atoms with van der Waals surface area (Å²) in [5, 5.41) is 14.9. The Labute approximate surface area is 215 Å². The Balaban J connectivity index is 1.25. The lowest BCUT2D eigenvalue weighted by atomic mass is 10.1. The number of carbonyl (C=O) groups excluding carboxylic acids is 1. The highest BCUT2D eigenvalue weighted by Gasteiger charge is 2.06. The third-order valence-corrected chi connectivity index (χ3v) is 5.80. The Morgan fingerprint density at radius 1 is 0.811 bits per heavy atom. The van der Waals surface area contributed by atoms with Crippen LogP contribution in [0.3, 0.4) is 0 Å². The molecule has 6 heteroatoms. The number of hydrogen-bond acceptors (Lipinski definition) is 4. The van der Waals surface area contributed by atoms with Gasteiger partial charge in [0, 0.05) is 34.1 Å². The second-order valence-corrected chi connectivity index (χ2v) is 8.38. The molecule has 0 aliphatic heterocycles. The van der Waals surface area contributed by atoms with Gasteiger partial charge in [-0.15, -0.1) is 0 Å². The molecule has 0 unspecified atom stereocenters. The zero-order chi connectivity index (χ0) is 25.5. The number of benzene rings is 4. The molecule has 3 N–H and O–H groups in total. The largest absolute Gasteiger partial charge is 0.496 e. The Hall–Kier alpha value is -5.10. The minimum atomic E-state index is -0.224. The fourth-order valence-electron chi connectivity index (χ4n) is 3.98. The Morgan fingerprint density at radius 3 is 2.46 bits per heavy atom. The number of amides is 1. The standard InChI is InChI=1S/C31H26N4O2/c1-37-30-13-6-5-10-23(30)15-19-31(36)33-25-12-7-11-24(20-25)32-26-16-17-27-28(34-35-29(27)21-26)18-14-22-8-3-2-4-9-22/h2-21,32H,1H3,(H,33,36)(H,34,35)/b18-14+,19-15+. The number of anilines is 3. The van der Waals surface area contributed by atoms with E-state index < -0.39 is 0 Å². The molecule has 5 aromatic rings. The van der Waals surface area contributed by atoms with Gasteiger partial charge in [-0.2, -0.15) is 5.10 Å². The summed E-state index contributed by atoms with van der Waals surface area (Å²) < 4.78 is 5.33. The third kappa shape index (κ3) is 5.94. The van der Waals surface area contributed by atoms with Gasteiger partial charge < -0.3 is 15.4 Å². The fraction of sp³-hybridized carbons (Fsp3) is 0.0323. The normalized spacial score (nSPS) is 11.3. The first kappa shape index (κ1) is 23.6. The Bertz CT molecular complexity index is 1590. The van der Waals surface area contributed by atoms with Crippen LogP contribution >= 0.6 is 0 Å². The molecule has 0 radical (unpaired) electrons. The minimum Gasteiger partial charge on any atom is -0.496 e. The summed E-state index contributed by atoms with van der Waals surface area (Å²) >= 11 is 0. The van der Waals surface area contributed by atoms with Crippen LogP contribution in [0.15, 0.2) is 103 Å². The first-order valence-electron chi connectivity index (χ1n) is 11.9. The molecule has 0 fully saturated rings. The monoisotopic (exact) mass is 486 g/mol. The molecule has 5 rings (SSSR count). The first-order valence-corrected chi connectivity index (χ1v) is 11.9. The molecule has 0 atom stereocenters. The Kier molecular flexibility index (Phi) is 7.09. The number of aromatic nitrogens is 2. The molecule has 0 spiro atoms. The van der Waals surface area contributed by atoms with Crippen LogP contribution in [0.1, 0.15) is 16.8 Å². The van der Waals surface area contributed by atoms with E-state index >= 15 is 0 Å². The molecule has 6 nitrogen and oxygen atoms in total. The Morgan fingerprint density at radius 2 is 1.59 bits per heavy atom. The van der Waals surface area contributed by atoms with Crippen LogP contribution in [0.25, 0.3) is 29.1 Å². The number of rotatable bonds is 8. The van der Waals surface area contributed by atoms with Crippen molar-refractivity contribution >= 4 is 52.1 Å². The van der Waals surface area contributed by atoms with Crippen LogP contribution in [0.4, 0.5) is 17.1 Å². The maximum absolute atomic E-state index is 12.5. The molecule has 0 saturated heterocycles. The first-order chi connectivity index (χ1) is 18.2. The highest BCUT2D eigenvalue weighted by atomic mass is 16.5. The van der Waals surface area contributed by atoms with Crippen LogP contribution in [-0.4, -0.2) is 23.2 Å². The van der Waals surface area contributed by atoms with E-state index in [1.54, 1.807) is 13.2 Å². The van der Waals surface area contributed by atoms with Crippen LogP contribution in [0, 0.1) is 0 Å². The molecule has 0 saturated carbocycles. The maximum Gasteiger partial charge on any atom is 0.248 e. The number of ether oxygens (including phenoxy) is 1. The second-order valence-electron chi connectivity index (χ2n) is 8.38. The van der Waals surface area contributed by atoms with E-state index in [1.165, 1.54) is 6.08 Å². The average Bonchev–Trinajstić information content (AvgIpc) is 3.34. The highest BCUT2D eigenvalue weighted by molar-refractivity contribution is 6.02. The van der Waals surface area contributed by atoms with Gasteiger partial charge in [0.2, 0.25) is 5.91 Å². The summed E-state index contributed by atoms with van der Waals surface area (Å²) in [6.07, 6.45) is 7.29. The number of para-hydroxylation sites is 1. The maximum atomic E-state index is 12.5. The fourth-order valence-corrected chi connectivity index (χ4v) is 3.98. The molecule has 4 aromatic carbocycles. The van der Waals surface area contributed by atoms with Crippen molar-refractivity contribution in [1.82, 2.24) is 10.2 Å². The average molecular weight is 487 g/mol. The number of aromatic amines is 1. The lowest BCUT2D eigenvalue weighted by molar-refractivity contribution is -0.111. The highest BCUT2D eigenvalue weighted by Crippen LogP contribution is 2.26. The predicted octanol–water partition coefficient (Wildman–Crippen LogP) is 7.14. The molecule has 0 bridgehead atoms. The van der Waals surface area contributed by atoms with Gasteiger partial charge in [-0.3, -0.25) is 9.89 Å². The van der Waals surface area contributed by atoms with Crippen molar-refractivity contribution in [2.75, 3.05) is 17.7 Å². The van der Waals surface area contributed by atoms with Crippen LogP contribution < -0.4 is 15.4 Å². The molecule has 0 aliphatic carbocycles. The molecule has 1 heterocycles. The van der Waals surface area contributed by atoms with E-state index in [0.29, 0.717) is 11.4 Å². The van der Waals surface area contributed by atoms with Crippen molar-refractivity contribution in [3.63, 3.8) is 0 Å². The number of H-pyrrole nitrogens is 1. The summed E-state index contributed by atoms with van der Waals surface area (Å²) in [5.74, 6) is 0.490. The van der Waals surface area contributed by atoms with Crippen molar-refractivity contribution in [3.05, 3.63) is 120 Å². The smallest absolute Gasteiger partial charge is 0.248 e. The van der Waals surface area contributed by atoms with E-state index in [4.69, 9.17) is 4.74 Å². The molecular formula is C31H26N4O2. The summed E-state index contributed by atoms with van der Waals surface area (Å²) in [6, 6.07) is 31.3. The topological polar surface area (TPSA) is 79.0 Å². The van der Waals surface area contributed by atoms with Crippen molar-refractivity contribution in [2.45, 2.75) is 0 Å². The number of fused-ring (bicyclic) bond motifs is 1. The van der Waals surface area contributed by atoms with Crippen molar-refractivity contribution < 1.29 is 9.53 Å². The van der Waals surface area contributed by atoms with Crippen LogP contribution in [-0.2, 0) is 4.79 Å². The molecule has 1 aromatic heterocycles. The van der Waals surface area contributed by atoms with Gasteiger partial charge in [0.25, 0.3) is 0 Å². The van der Waals surface area contributed by atoms with Gasteiger partial charge in [-0.1, -0.05) is 60.7 Å². The van der Waals surface area contributed by atoms with Gasteiger partial charge in [0.05, 0.1) is 18.3 Å². The lowest BCUT2D eigenvalue weighted by Gasteiger charge is -2.09. The quantitative estimate of drug-likeness (QED) is 0.204. The van der Waals surface area contributed by atoms with E-state index in [9.17, 15) is 4.79 Å². The summed E-state index contributed by atoms with van der Waals surface area (Å²) in [5.41, 5.74) is 6.24.